The van der Waals surface area contributed by atoms with Crippen molar-refractivity contribution in [2.45, 2.75) is 25.4 Å². The molecule has 2 saturated heterocycles. The Bertz CT molecular complexity index is 1620. The number of hydrogen-bond donors (Lipinski definition) is 4. The van der Waals surface area contributed by atoms with E-state index in [1.807, 2.05) is 0 Å². The molecule has 13 nitrogen and oxygen atoms in total. The molecule has 2 aliphatic rings. The summed E-state index contributed by atoms with van der Waals surface area (Å²) in [5.41, 5.74) is 1.10. The maximum Gasteiger partial charge on any atom is 0.291 e. The van der Waals surface area contributed by atoms with Gasteiger partial charge in [0.25, 0.3) is 24.2 Å². The molecule has 46 heavy (non-hydrogen) atoms. The summed E-state index contributed by atoms with van der Waals surface area (Å²) < 4.78 is 21.0. The Morgan fingerprint density at radius 1 is 1.11 bits per heavy atom. The highest BCUT2D eigenvalue weighted by Crippen LogP contribution is 2.35. The molecule has 0 aliphatic carbocycles. The fourth-order valence-corrected chi connectivity index (χ4v) is 5.81. The van der Waals surface area contributed by atoms with Crippen LogP contribution in [0.25, 0.3) is 11.3 Å². The molecule has 0 unspecified atom stereocenters. The fraction of sp³-hybridized carbons (Fsp3) is 0.387. The van der Waals surface area contributed by atoms with Crippen LogP contribution in [0.15, 0.2) is 36.5 Å². The summed E-state index contributed by atoms with van der Waals surface area (Å²) in [6.45, 7) is 4.16. The Kier molecular flexibility index (Phi) is 11.0. The fourth-order valence-electron chi connectivity index (χ4n) is 5.56. The van der Waals surface area contributed by atoms with Gasteiger partial charge in [-0.3, -0.25) is 19.2 Å². The summed E-state index contributed by atoms with van der Waals surface area (Å²) in [7, 11) is 2.97. The molecular formula is C31H36ClFN6O7. The number of benzene rings is 2. The second kappa shape index (κ2) is 14.7. The minimum Gasteiger partial charge on any atom is -0.494 e. The Morgan fingerprint density at radius 2 is 1.74 bits per heavy atom. The molecule has 246 valence electrons. The Hall–Kier alpha value is -4.53. The number of aromatic nitrogens is 2. The van der Waals surface area contributed by atoms with E-state index in [-0.39, 0.29) is 34.9 Å². The molecule has 0 saturated carbocycles. The van der Waals surface area contributed by atoms with E-state index in [1.54, 1.807) is 48.0 Å². The maximum atomic E-state index is 14.5. The molecule has 2 aromatic carbocycles. The van der Waals surface area contributed by atoms with Gasteiger partial charge >= 0.3 is 0 Å². The van der Waals surface area contributed by atoms with Crippen LogP contribution in [-0.4, -0.2) is 106 Å². The van der Waals surface area contributed by atoms with E-state index in [4.69, 9.17) is 26.2 Å². The standard InChI is InChI=1S/C30H34ClFN6O5.CH2O2/c1-18-16-19(35-27(39)26-34-17-22(36(26)2)21-6-7-23(43-3)25(32)24(21)31)4-5-20(18)28(40)37-12-14-38(15-13-37)29(41)30(42)8-10-33-11-9-30;2-1-3/h4-7,16-17,33,42H,8-15H2,1-3H3,(H,35,39);1H,(H,2,3). The van der Waals surface area contributed by atoms with Crippen LogP contribution in [-0.2, 0) is 16.6 Å². The first kappa shape index (κ1) is 34.3. The molecule has 0 atom stereocenters. The minimum absolute atomic E-state index is 0.00998. The van der Waals surface area contributed by atoms with E-state index in [2.05, 4.69) is 15.6 Å². The van der Waals surface area contributed by atoms with Crippen molar-refractivity contribution < 1.29 is 38.5 Å². The third-order valence-electron chi connectivity index (χ3n) is 8.13. The molecule has 3 amide bonds. The van der Waals surface area contributed by atoms with Gasteiger partial charge in [-0.25, -0.2) is 9.37 Å². The van der Waals surface area contributed by atoms with Gasteiger partial charge in [0.1, 0.15) is 5.60 Å². The first-order chi connectivity index (χ1) is 21.9. The number of halogens is 2. The van der Waals surface area contributed by atoms with Crippen LogP contribution < -0.4 is 15.4 Å². The summed E-state index contributed by atoms with van der Waals surface area (Å²) in [5.74, 6) is -1.53. The molecule has 5 rings (SSSR count). The number of nitrogens with one attached hydrogen (secondary N) is 2. The molecule has 0 radical (unpaired) electrons. The summed E-state index contributed by atoms with van der Waals surface area (Å²) in [4.78, 5) is 55.2. The molecule has 3 heterocycles. The van der Waals surface area contributed by atoms with Gasteiger partial charge in [0.15, 0.2) is 17.4 Å². The minimum atomic E-state index is -1.34. The number of piperidine rings is 1. The van der Waals surface area contributed by atoms with E-state index in [9.17, 15) is 23.9 Å². The molecule has 1 aromatic heterocycles. The predicted octanol–water partition coefficient (Wildman–Crippen LogP) is 2.55. The van der Waals surface area contributed by atoms with Crippen molar-refractivity contribution in [2.24, 2.45) is 7.05 Å². The number of rotatable bonds is 6. The number of anilines is 1. The highest BCUT2D eigenvalue weighted by atomic mass is 35.5. The van der Waals surface area contributed by atoms with Crippen LogP contribution in [0.1, 0.15) is 39.4 Å². The average molecular weight is 659 g/mol. The van der Waals surface area contributed by atoms with Crippen LogP contribution in [0.5, 0.6) is 5.75 Å². The lowest BCUT2D eigenvalue weighted by molar-refractivity contribution is -0.155. The third-order valence-corrected chi connectivity index (χ3v) is 8.50. The second-order valence-electron chi connectivity index (χ2n) is 10.9. The topological polar surface area (TPSA) is 166 Å². The van der Waals surface area contributed by atoms with Crippen molar-refractivity contribution in [2.75, 3.05) is 51.7 Å². The van der Waals surface area contributed by atoms with Gasteiger partial charge in [-0.2, -0.15) is 0 Å². The number of carbonyl (C=O) groups is 4. The van der Waals surface area contributed by atoms with Gasteiger partial charge in [0, 0.05) is 50.0 Å². The smallest absolute Gasteiger partial charge is 0.291 e. The predicted molar refractivity (Wildman–Crippen MR) is 168 cm³/mol. The number of imidazole rings is 1. The van der Waals surface area contributed by atoms with Gasteiger partial charge in [0.2, 0.25) is 0 Å². The van der Waals surface area contributed by atoms with Gasteiger partial charge in [0.05, 0.1) is 24.0 Å². The lowest BCUT2D eigenvalue weighted by atomic mass is 9.90. The van der Waals surface area contributed by atoms with E-state index < -0.39 is 17.3 Å². The van der Waals surface area contributed by atoms with Crippen molar-refractivity contribution in [3.63, 3.8) is 0 Å². The van der Waals surface area contributed by atoms with Crippen LogP contribution in [0.4, 0.5) is 10.1 Å². The van der Waals surface area contributed by atoms with Crippen molar-refractivity contribution >= 4 is 41.5 Å². The van der Waals surface area contributed by atoms with E-state index in [1.165, 1.54) is 23.9 Å². The molecule has 0 bridgehead atoms. The molecule has 4 N–H and O–H groups in total. The number of amides is 3. The zero-order chi connectivity index (χ0) is 33.6. The highest BCUT2D eigenvalue weighted by Gasteiger charge is 2.41. The Balaban J connectivity index is 0.00000154. The monoisotopic (exact) mass is 658 g/mol. The first-order valence-corrected chi connectivity index (χ1v) is 14.9. The first-order valence-electron chi connectivity index (χ1n) is 14.5. The number of ether oxygens (including phenoxy) is 1. The van der Waals surface area contributed by atoms with E-state index in [0.717, 1.165) is 0 Å². The van der Waals surface area contributed by atoms with Crippen molar-refractivity contribution in [3.8, 4) is 17.0 Å². The van der Waals surface area contributed by atoms with Crippen molar-refractivity contribution in [1.82, 2.24) is 24.7 Å². The SMILES string of the molecule is COc1ccc(-c2cnc(C(=O)Nc3ccc(C(=O)N4CCN(C(=O)C5(O)CCNCC5)CC4)c(C)c3)n2C)c(Cl)c1F.O=CO. The number of hydrogen-bond acceptors (Lipinski definition) is 8. The summed E-state index contributed by atoms with van der Waals surface area (Å²) in [5, 5.41) is 23.5. The number of carboxylic acid groups (broad SMARTS) is 1. The molecule has 2 aliphatic heterocycles. The van der Waals surface area contributed by atoms with Crippen LogP contribution in [0, 0.1) is 12.7 Å². The quantitative estimate of drug-likeness (QED) is 0.291. The normalized spacial score (nSPS) is 15.8. The van der Waals surface area contributed by atoms with Crippen LogP contribution in [0.2, 0.25) is 5.02 Å². The lowest BCUT2D eigenvalue weighted by Gasteiger charge is -2.40. The zero-order valence-electron chi connectivity index (χ0n) is 25.7. The number of nitrogens with zero attached hydrogens (tertiary/aromatic N) is 4. The number of aliphatic hydroxyl groups is 1. The average Bonchev–Trinajstić information content (AvgIpc) is 3.43. The molecule has 2 fully saturated rings. The number of piperazine rings is 1. The summed E-state index contributed by atoms with van der Waals surface area (Å²) in [6, 6.07) is 8.05. The largest absolute Gasteiger partial charge is 0.494 e. The lowest BCUT2D eigenvalue weighted by Crippen LogP contribution is -2.59. The number of carbonyl (C=O) groups excluding carboxylic acids is 3. The Morgan fingerprint density at radius 3 is 2.35 bits per heavy atom. The Labute approximate surface area is 269 Å². The van der Waals surface area contributed by atoms with E-state index in [0.29, 0.717) is 80.2 Å². The molecule has 3 aromatic rings. The number of methoxy groups -OCH3 is 1. The molecular weight excluding hydrogens is 623 g/mol. The van der Waals surface area contributed by atoms with Gasteiger partial charge < -0.3 is 40.0 Å². The van der Waals surface area contributed by atoms with Crippen LogP contribution in [0.3, 0.4) is 0 Å². The van der Waals surface area contributed by atoms with Crippen molar-refractivity contribution in [3.05, 3.63) is 64.3 Å². The third kappa shape index (κ3) is 7.14. The molecule has 0 spiro atoms. The zero-order valence-corrected chi connectivity index (χ0v) is 26.4. The van der Waals surface area contributed by atoms with E-state index >= 15 is 0 Å². The van der Waals surface area contributed by atoms with Gasteiger partial charge in [-0.1, -0.05) is 11.6 Å². The van der Waals surface area contributed by atoms with Crippen LogP contribution >= 0.6 is 11.6 Å². The summed E-state index contributed by atoms with van der Waals surface area (Å²) >= 11 is 6.22. The number of aryl methyl sites for hydroxylation is 1. The molecule has 15 heteroatoms. The maximum absolute atomic E-state index is 14.5. The van der Waals surface area contributed by atoms with Gasteiger partial charge in [-0.15, -0.1) is 0 Å². The highest BCUT2D eigenvalue weighted by molar-refractivity contribution is 6.33. The van der Waals surface area contributed by atoms with Gasteiger partial charge in [-0.05, 0) is 68.8 Å². The van der Waals surface area contributed by atoms with Crippen molar-refractivity contribution in [1.29, 1.82) is 0 Å². The summed E-state index contributed by atoms with van der Waals surface area (Å²) in [6.07, 6.45) is 2.20. The second-order valence-corrected chi connectivity index (χ2v) is 11.3.